The van der Waals surface area contributed by atoms with Crippen LogP contribution >= 0.6 is 15.9 Å². The first kappa shape index (κ1) is 22.3. The highest BCUT2D eigenvalue weighted by Gasteiger charge is 2.12. The number of Topliss-reactive ketones (excluding diaryl/α,β-unsaturated/α-hetero) is 1. The van der Waals surface area contributed by atoms with Gasteiger partial charge in [0.05, 0.1) is 18.1 Å². The van der Waals surface area contributed by atoms with Crippen LogP contribution in [-0.2, 0) is 4.74 Å². The number of ether oxygens (including phenoxy) is 3. The minimum absolute atomic E-state index is 0.00703. The Kier molecular flexibility index (Phi) is 6.55. The number of rotatable bonds is 7. The van der Waals surface area contributed by atoms with Crippen molar-refractivity contribution in [1.82, 2.24) is 0 Å². The number of carbonyl (C=O) groups is 2. The highest BCUT2D eigenvalue weighted by molar-refractivity contribution is 9.10. The average Bonchev–Trinajstić information content (AvgIpc) is 2.84. The van der Waals surface area contributed by atoms with E-state index >= 15 is 0 Å². The Morgan fingerprint density at radius 3 is 2.27 bits per heavy atom. The molecule has 7 nitrogen and oxygen atoms in total. The van der Waals surface area contributed by atoms with Crippen LogP contribution in [0.1, 0.15) is 20.7 Å². The van der Waals surface area contributed by atoms with Crippen LogP contribution in [0.25, 0.3) is 11.0 Å². The van der Waals surface area contributed by atoms with Crippen molar-refractivity contribution in [3.8, 4) is 17.2 Å². The molecule has 0 aliphatic carbocycles. The second-order valence-electron chi connectivity index (χ2n) is 6.92. The van der Waals surface area contributed by atoms with Crippen molar-refractivity contribution < 1.29 is 28.2 Å². The smallest absolute Gasteiger partial charge is 0.337 e. The molecule has 1 heterocycles. The highest BCUT2D eigenvalue weighted by atomic mass is 79.9. The number of halogens is 1. The normalized spacial score (nSPS) is 10.6. The van der Waals surface area contributed by atoms with E-state index in [0.717, 1.165) is 4.47 Å². The number of methoxy groups -OCH3 is 1. The lowest BCUT2D eigenvalue weighted by Crippen LogP contribution is -2.11. The predicted molar refractivity (Wildman–Crippen MR) is 124 cm³/mol. The van der Waals surface area contributed by atoms with Gasteiger partial charge >= 0.3 is 5.97 Å². The average molecular weight is 509 g/mol. The van der Waals surface area contributed by atoms with Gasteiger partial charge in [-0.25, -0.2) is 4.79 Å². The van der Waals surface area contributed by atoms with E-state index in [9.17, 15) is 14.4 Å². The predicted octanol–water partition coefficient (Wildman–Crippen LogP) is 5.40. The fourth-order valence-electron chi connectivity index (χ4n) is 3.02. The molecule has 0 saturated heterocycles. The maximum atomic E-state index is 12.8. The van der Waals surface area contributed by atoms with E-state index in [-0.39, 0.29) is 23.6 Å². The van der Waals surface area contributed by atoms with E-state index in [0.29, 0.717) is 33.6 Å². The van der Waals surface area contributed by atoms with E-state index in [1.807, 2.05) is 0 Å². The number of esters is 1. The van der Waals surface area contributed by atoms with E-state index in [1.54, 1.807) is 54.6 Å². The molecule has 0 amide bonds. The van der Waals surface area contributed by atoms with Gasteiger partial charge in [0, 0.05) is 16.1 Å². The molecule has 4 aromatic rings. The first-order valence-corrected chi connectivity index (χ1v) is 10.6. The Morgan fingerprint density at radius 1 is 0.909 bits per heavy atom. The third-order valence-corrected chi connectivity index (χ3v) is 5.28. The zero-order valence-electron chi connectivity index (χ0n) is 17.4. The molecular formula is C25H17BrO7. The molecule has 0 bridgehead atoms. The summed E-state index contributed by atoms with van der Waals surface area (Å²) in [6.45, 7) is -0.153. The van der Waals surface area contributed by atoms with Gasteiger partial charge in [0.25, 0.3) is 0 Å². The van der Waals surface area contributed by atoms with Crippen molar-refractivity contribution in [2.75, 3.05) is 13.7 Å². The van der Waals surface area contributed by atoms with Crippen molar-refractivity contribution in [1.29, 1.82) is 0 Å². The minimum atomic E-state index is -0.469. The Balaban J connectivity index is 1.48. The van der Waals surface area contributed by atoms with Gasteiger partial charge in [-0.05, 0) is 48.5 Å². The summed E-state index contributed by atoms with van der Waals surface area (Å²) < 4.78 is 22.3. The first-order chi connectivity index (χ1) is 15.9. The Morgan fingerprint density at radius 2 is 1.58 bits per heavy atom. The molecule has 4 rings (SSSR count). The van der Waals surface area contributed by atoms with Gasteiger partial charge in [-0.3, -0.25) is 9.59 Å². The number of hydrogen-bond donors (Lipinski definition) is 0. The molecule has 0 N–H and O–H groups in total. The minimum Gasteiger partial charge on any atom is -0.485 e. The van der Waals surface area contributed by atoms with Gasteiger partial charge in [-0.15, -0.1) is 0 Å². The van der Waals surface area contributed by atoms with Crippen molar-refractivity contribution in [3.05, 3.63) is 98.8 Å². The molecule has 0 unspecified atom stereocenters. The molecule has 0 radical (unpaired) electrons. The van der Waals surface area contributed by atoms with Gasteiger partial charge in [0.2, 0.25) is 11.2 Å². The summed E-state index contributed by atoms with van der Waals surface area (Å²) in [6, 6.07) is 17.8. The van der Waals surface area contributed by atoms with Crippen LogP contribution in [0.15, 0.2) is 86.7 Å². The monoisotopic (exact) mass is 508 g/mol. The van der Waals surface area contributed by atoms with Gasteiger partial charge < -0.3 is 18.6 Å². The molecule has 0 aliphatic rings. The van der Waals surface area contributed by atoms with Gasteiger partial charge in [-0.2, -0.15) is 0 Å². The zero-order chi connectivity index (χ0) is 23.4. The van der Waals surface area contributed by atoms with Crippen molar-refractivity contribution in [2.45, 2.75) is 0 Å². The quantitative estimate of drug-likeness (QED) is 0.244. The molecular weight excluding hydrogens is 492 g/mol. The van der Waals surface area contributed by atoms with Gasteiger partial charge in [0.1, 0.15) is 23.3 Å². The number of carbonyl (C=O) groups excluding carboxylic acids is 2. The number of benzene rings is 3. The van der Waals surface area contributed by atoms with E-state index in [4.69, 9.17) is 13.9 Å². The summed E-state index contributed by atoms with van der Waals surface area (Å²) in [6.07, 6.45) is 1.20. The van der Waals surface area contributed by atoms with Crippen molar-refractivity contribution in [3.63, 3.8) is 0 Å². The van der Waals surface area contributed by atoms with E-state index in [2.05, 4.69) is 20.7 Å². The molecule has 0 spiro atoms. The number of ketones is 1. The lowest BCUT2D eigenvalue weighted by Gasteiger charge is -2.08. The standard InChI is InChI=1S/C25H17BrO7/c1-30-25(29)16-4-8-18(9-5-16)33-23-14-32-22-12-19(10-11-20(22)24(23)28)31-13-21(27)15-2-6-17(26)7-3-15/h2-12,14H,13H2,1H3. The lowest BCUT2D eigenvalue weighted by atomic mass is 10.1. The van der Waals surface area contributed by atoms with Gasteiger partial charge in [-0.1, -0.05) is 28.1 Å². The molecule has 0 aliphatic heterocycles. The lowest BCUT2D eigenvalue weighted by molar-refractivity contribution is 0.0600. The molecule has 33 heavy (non-hydrogen) atoms. The zero-order valence-corrected chi connectivity index (χ0v) is 19.0. The largest absolute Gasteiger partial charge is 0.485 e. The van der Waals surface area contributed by atoms with Crippen LogP contribution < -0.4 is 14.9 Å². The van der Waals surface area contributed by atoms with Crippen LogP contribution in [0.3, 0.4) is 0 Å². The first-order valence-electron chi connectivity index (χ1n) is 9.78. The highest BCUT2D eigenvalue weighted by Crippen LogP contribution is 2.24. The third kappa shape index (κ3) is 5.12. The van der Waals surface area contributed by atoms with E-state index in [1.165, 1.54) is 25.5 Å². The molecule has 8 heteroatoms. The second kappa shape index (κ2) is 9.70. The van der Waals surface area contributed by atoms with Crippen LogP contribution in [-0.4, -0.2) is 25.5 Å². The summed E-state index contributed by atoms with van der Waals surface area (Å²) in [5, 5.41) is 0.297. The molecule has 3 aromatic carbocycles. The molecule has 0 saturated carbocycles. The van der Waals surface area contributed by atoms with Gasteiger partial charge in [0.15, 0.2) is 12.4 Å². The number of fused-ring (bicyclic) bond motifs is 1. The van der Waals surface area contributed by atoms with Crippen LogP contribution in [0.5, 0.6) is 17.2 Å². The van der Waals surface area contributed by atoms with Crippen LogP contribution in [0.2, 0.25) is 0 Å². The topological polar surface area (TPSA) is 92.0 Å². The van der Waals surface area contributed by atoms with Crippen molar-refractivity contribution >= 4 is 38.7 Å². The Hall–Kier alpha value is -3.91. The third-order valence-electron chi connectivity index (χ3n) is 4.75. The molecule has 0 atom stereocenters. The van der Waals surface area contributed by atoms with Crippen LogP contribution in [0.4, 0.5) is 0 Å². The Labute approximate surface area is 196 Å². The van der Waals surface area contributed by atoms with Crippen LogP contribution in [0, 0.1) is 0 Å². The summed E-state index contributed by atoms with van der Waals surface area (Å²) >= 11 is 3.33. The molecule has 166 valence electrons. The van der Waals surface area contributed by atoms with Crippen molar-refractivity contribution in [2.24, 2.45) is 0 Å². The summed E-state index contributed by atoms with van der Waals surface area (Å²) in [5.74, 6) is 0.102. The molecule has 1 aromatic heterocycles. The SMILES string of the molecule is COC(=O)c1ccc(Oc2coc3cc(OCC(=O)c4ccc(Br)cc4)ccc3c2=O)cc1. The fourth-order valence-corrected chi connectivity index (χ4v) is 3.29. The maximum Gasteiger partial charge on any atom is 0.337 e. The summed E-state index contributed by atoms with van der Waals surface area (Å²) in [7, 11) is 1.30. The summed E-state index contributed by atoms with van der Waals surface area (Å²) in [4.78, 5) is 36.6. The van der Waals surface area contributed by atoms with E-state index < -0.39 is 5.97 Å². The fraction of sp³-hybridized carbons (Fsp3) is 0.0800. The maximum absolute atomic E-state index is 12.8. The second-order valence-corrected chi connectivity index (χ2v) is 7.84. The Bertz CT molecular complexity index is 1370. The molecule has 0 fully saturated rings. The number of hydrogen-bond acceptors (Lipinski definition) is 7. The summed E-state index contributed by atoms with van der Waals surface area (Å²) in [5.41, 5.74) is 0.821.